The molecule has 5 nitrogen and oxygen atoms in total. The molecule has 0 aliphatic rings. The molecule has 1 aromatic carbocycles. The van der Waals surface area contributed by atoms with Crippen molar-refractivity contribution in [1.29, 1.82) is 0 Å². The van der Waals surface area contributed by atoms with Crippen LogP contribution in [0.2, 0.25) is 0 Å². The molecule has 128 valence electrons. The number of para-hydroxylation sites is 1. The highest BCUT2D eigenvalue weighted by molar-refractivity contribution is 5.94. The highest BCUT2D eigenvalue weighted by Gasteiger charge is 2.26. The van der Waals surface area contributed by atoms with Crippen molar-refractivity contribution in [3.05, 3.63) is 29.3 Å². The van der Waals surface area contributed by atoms with Crippen LogP contribution in [0.3, 0.4) is 0 Å². The summed E-state index contributed by atoms with van der Waals surface area (Å²) in [5.41, 5.74) is 2.71. The van der Waals surface area contributed by atoms with E-state index in [2.05, 4.69) is 31.4 Å². The van der Waals surface area contributed by atoms with E-state index >= 15 is 0 Å². The average Bonchev–Trinajstić information content (AvgIpc) is 2.44. The van der Waals surface area contributed by atoms with Gasteiger partial charge in [-0.25, -0.2) is 9.59 Å². The Balaban J connectivity index is 3.00. The number of rotatable bonds is 4. The molecule has 0 saturated heterocycles. The number of esters is 1. The van der Waals surface area contributed by atoms with E-state index in [1.807, 2.05) is 39.0 Å². The van der Waals surface area contributed by atoms with E-state index < -0.39 is 18.0 Å². The van der Waals surface area contributed by atoms with Gasteiger partial charge in [-0.2, -0.15) is 0 Å². The van der Waals surface area contributed by atoms with Gasteiger partial charge in [0.05, 0.1) is 7.11 Å². The fraction of sp³-hybridized carbons (Fsp3) is 0.556. The molecule has 1 rings (SSSR count). The second kappa shape index (κ2) is 7.49. The van der Waals surface area contributed by atoms with Crippen molar-refractivity contribution in [1.82, 2.24) is 5.32 Å². The number of ether oxygens (including phenoxy) is 1. The number of carbonyl (C=O) groups is 2. The maximum atomic E-state index is 12.3. The van der Waals surface area contributed by atoms with Crippen LogP contribution in [0.4, 0.5) is 10.5 Å². The molecule has 0 aliphatic carbocycles. The van der Waals surface area contributed by atoms with Crippen LogP contribution >= 0.6 is 0 Å². The normalized spacial score (nSPS) is 12.7. The lowest BCUT2D eigenvalue weighted by molar-refractivity contribution is -0.143. The molecule has 1 atom stereocenters. The van der Waals surface area contributed by atoms with Crippen molar-refractivity contribution in [2.24, 2.45) is 5.92 Å². The van der Waals surface area contributed by atoms with Gasteiger partial charge in [-0.15, -0.1) is 0 Å². The summed E-state index contributed by atoms with van der Waals surface area (Å²) in [6, 6.07) is 4.84. The number of hydrogen-bond donors (Lipinski definition) is 2. The van der Waals surface area contributed by atoms with E-state index in [4.69, 9.17) is 4.74 Å². The van der Waals surface area contributed by atoms with Crippen molar-refractivity contribution in [2.75, 3.05) is 12.4 Å². The van der Waals surface area contributed by atoms with E-state index in [9.17, 15) is 9.59 Å². The Labute approximate surface area is 138 Å². The molecule has 0 spiro atoms. The van der Waals surface area contributed by atoms with Crippen LogP contribution in [0.1, 0.15) is 45.7 Å². The number of urea groups is 1. The first-order valence-corrected chi connectivity index (χ1v) is 7.83. The van der Waals surface area contributed by atoms with E-state index in [1.54, 1.807) is 0 Å². The first kappa shape index (κ1) is 19.0. The molecule has 0 aromatic heterocycles. The van der Waals surface area contributed by atoms with Crippen LogP contribution in [-0.4, -0.2) is 25.2 Å². The minimum atomic E-state index is -0.679. The predicted molar refractivity (Wildman–Crippen MR) is 92.7 cm³/mol. The van der Waals surface area contributed by atoms with Crippen LogP contribution in [0.5, 0.6) is 0 Å². The third-order valence-corrected chi connectivity index (χ3v) is 3.73. The third-order valence-electron chi connectivity index (χ3n) is 3.73. The molecule has 1 unspecified atom stereocenters. The lowest BCUT2D eigenvalue weighted by atomic mass is 9.84. The summed E-state index contributed by atoms with van der Waals surface area (Å²) in [6.45, 7) is 11.9. The molecule has 0 heterocycles. The van der Waals surface area contributed by atoms with Gasteiger partial charge in [-0.3, -0.25) is 0 Å². The maximum absolute atomic E-state index is 12.3. The Hall–Kier alpha value is -2.04. The quantitative estimate of drug-likeness (QED) is 0.833. The lowest BCUT2D eigenvalue weighted by Gasteiger charge is -2.26. The Morgan fingerprint density at radius 2 is 1.78 bits per heavy atom. The van der Waals surface area contributed by atoms with Gasteiger partial charge in [0.1, 0.15) is 6.04 Å². The van der Waals surface area contributed by atoms with E-state index in [0.717, 1.165) is 16.8 Å². The van der Waals surface area contributed by atoms with Crippen molar-refractivity contribution in [2.45, 2.75) is 53.0 Å². The van der Waals surface area contributed by atoms with Gasteiger partial charge in [-0.05, 0) is 29.4 Å². The van der Waals surface area contributed by atoms with Crippen LogP contribution in [0.15, 0.2) is 18.2 Å². The Morgan fingerprint density at radius 3 is 2.26 bits per heavy atom. The standard InChI is InChI=1S/C18H28N2O3/c1-11(2)14(16(21)23-7)19-17(22)20-15-12(3)9-8-10-13(15)18(4,5)6/h8-11,14H,1-7H3,(H2,19,20,22). The topological polar surface area (TPSA) is 67.4 Å². The molecule has 5 heteroatoms. The summed E-state index contributed by atoms with van der Waals surface area (Å²) in [5, 5.41) is 5.59. The van der Waals surface area contributed by atoms with Crippen molar-refractivity contribution < 1.29 is 14.3 Å². The van der Waals surface area contributed by atoms with Gasteiger partial charge >= 0.3 is 12.0 Å². The molecule has 1 aromatic rings. The first-order chi connectivity index (χ1) is 10.6. The highest BCUT2D eigenvalue weighted by Crippen LogP contribution is 2.31. The first-order valence-electron chi connectivity index (χ1n) is 7.83. The molecule has 0 bridgehead atoms. The number of methoxy groups -OCH3 is 1. The van der Waals surface area contributed by atoms with Gasteiger partial charge in [0.15, 0.2) is 0 Å². The van der Waals surface area contributed by atoms with Gasteiger partial charge in [0.25, 0.3) is 0 Å². The number of anilines is 1. The molecule has 0 fully saturated rings. The zero-order valence-electron chi connectivity index (χ0n) is 15.1. The number of hydrogen-bond acceptors (Lipinski definition) is 3. The molecular weight excluding hydrogens is 292 g/mol. The van der Waals surface area contributed by atoms with Crippen molar-refractivity contribution in [3.8, 4) is 0 Å². The maximum Gasteiger partial charge on any atom is 0.328 e. The zero-order chi connectivity index (χ0) is 17.8. The summed E-state index contributed by atoms with van der Waals surface area (Å²) < 4.78 is 4.75. The number of amides is 2. The fourth-order valence-corrected chi connectivity index (χ4v) is 2.37. The summed E-state index contributed by atoms with van der Waals surface area (Å²) >= 11 is 0. The van der Waals surface area contributed by atoms with Crippen molar-refractivity contribution >= 4 is 17.7 Å². The largest absolute Gasteiger partial charge is 0.467 e. The van der Waals surface area contributed by atoms with Crippen LogP contribution in [-0.2, 0) is 14.9 Å². The summed E-state index contributed by atoms with van der Waals surface area (Å²) in [7, 11) is 1.32. The summed E-state index contributed by atoms with van der Waals surface area (Å²) in [5.74, 6) is -0.511. The Bertz CT molecular complexity index is 574. The Kier molecular flexibility index (Phi) is 6.19. The van der Waals surface area contributed by atoms with Crippen LogP contribution in [0, 0.1) is 12.8 Å². The molecule has 2 amide bonds. The van der Waals surface area contributed by atoms with Crippen molar-refractivity contribution in [3.63, 3.8) is 0 Å². The monoisotopic (exact) mass is 320 g/mol. The van der Waals surface area contributed by atoms with E-state index in [1.165, 1.54) is 7.11 Å². The third kappa shape index (κ3) is 4.98. The average molecular weight is 320 g/mol. The molecule has 2 N–H and O–H groups in total. The number of aryl methyl sites for hydroxylation is 1. The summed E-state index contributed by atoms with van der Waals surface area (Å²) in [6.07, 6.45) is 0. The molecule has 0 aliphatic heterocycles. The van der Waals surface area contributed by atoms with Crippen LogP contribution < -0.4 is 10.6 Å². The SMILES string of the molecule is COC(=O)C(NC(=O)Nc1c(C)cccc1C(C)(C)C)C(C)C. The molecule has 23 heavy (non-hydrogen) atoms. The minimum Gasteiger partial charge on any atom is -0.467 e. The second-order valence-corrected chi connectivity index (χ2v) is 7.09. The van der Waals surface area contributed by atoms with Crippen LogP contribution in [0.25, 0.3) is 0 Å². The fourth-order valence-electron chi connectivity index (χ4n) is 2.37. The molecule has 0 saturated carbocycles. The summed E-state index contributed by atoms with van der Waals surface area (Å²) in [4.78, 5) is 24.1. The number of nitrogens with one attached hydrogen (secondary N) is 2. The van der Waals surface area contributed by atoms with E-state index in [-0.39, 0.29) is 11.3 Å². The predicted octanol–water partition coefficient (Wildman–Crippen LogP) is 3.61. The zero-order valence-corrected chi connectivity index (χ0v) is 15.1. The smallest absolute Gasteiger partial charge is 0.328 e. The van der Waals surface area contributed by atoms with Gasteiger partial charge in [0, 0.05) is 5.69 Å². The van der Waals surface area contributed by atoms with E-state index in [0.29, 0.717) is 0 Å². The van der Waals surface area contributed by atoms with Gasteiger partial charge < -0.3 is 15.4 Å². The molecular formula is C18H28N2O3. The lowest BCUT2D eigenvalue weighted by Crippen LogP contribution is -2.47. The Morgan fingerprint density at radius 1 is 1.17 bits per heavy atom. The van der Waals surface area contributed by atoms with Gasteiger partial charge in [-0.1, -0.05) is 52.8 Å². The molecule has 0 radical (unpaired) electrons. The highest BCUT2D eigenvalue weighted by atomic mass is 16.5. The second-order valence-electron chi connectivity index (χ2n) is 7.09. The number of benzene rings is 1. The van der Waals surface area contributed by atoms with Gasteiger partial charge in [0.2, 0.25) is 0 Å². The minimum absolute atomic E-state index is 0.0628. The number of carbonyl (C=O) groups excluding carboxylic acids is 2.